The first-order valence-electron chi connectivity index (χ1n) is 4.02. The van der Waals surface area contributed by atoms with Gasteiger partial charge in [-0.15, -0.1) is 0 Å². The summed E-state index contributed by atoms with van der Waals surface area (Å²) in [6, 6.07) is 0. The molecule has 0 amide bonds. The van der Waals surface area contributed by atoms with Crippen molar-refractivity contribution in [3.8, 4) is 0 Å². The van der Waals surface area contributed by atoms with Gasteiger partial charge in [0, 0.05) is 17.8 Å². The first-order chi connectivity index (χ1) is 6.84. The van der Waals surface area contributed by atoms with Crippen LogP contribution in [0.1, 0.15) is 0 Å². The van der Waals surface area contributed by atoms with Gasteiger partial charge in [-0.05, 0) is 0 Å². The van der Waals surface area contributed by atoms with Crippen molar-refractivity contribution in [2.24, 2.45) is 0 Å². The van der Waals surface area contributed by atoms with Crippen molar-refractivity contribution < 1.29 is 0 Å². The highest BCUT2D eigenvalue weighted by Gasteiger charge is 2.04. The number of nitrogens with zero attached hydrogens (tertiary/aromatic N) is 3. The standard InChI is InChI=1S/C8H5N5O/c14-8-10-2-4-1-9-6-5(4)7(13-8)12-3-11-6/h1-3H,(H2,9,10,11,12,13,14). The van der Waals surface area contributed by atoms with Crippen molar-refractivity contribution >= 4 is 22.1 Å². The first kappa shape index (κ1) is 7.19. The molecule has 0 aliphatic rings. The van der Waals surface area contributed by atoms with Crippen LogP contribution in [0.5, 0.6) is 0 Å². The second-order valence-electron chi connectivity index (χ2n) is 2.88. The largest absolute Gasteiger partial charge is 0.346 e. The van der Waals surface area contributed by atoms with Crippen LogP contribution in [-0.4, -0.2) is 24.9 Å². The van der Waals surface area contributed by atoms with Crippen LogP contribution in [0.2, 0.25) is 0 Å². The Labute approximate surface area is 77.0 Å². The fraction of sp³-hybridized carbons (Fsp3) is 0. The zero-order valence-corrected chi connectivity index (χ0v) is 6.98. The highest BCUT2D eigenvalue weighted by molar-refractivity contribution is 6.03. The van der Waals surface area contributed by atoms with Crippen LogP contribution in [0, 0.1) is 0 Å². The molecule has 0 aliphatic heterocycles. The van der Waals surface area contributed by atoms with Gasteiger partial charge in [-0.1, -0.05) is 0 Å². The van der Waals surface area contributed by atoms with E-state index in [9.17, 15) is 4.79 Å². The summed E-state index contributed by atoms with van der Waals surface area (Å²) in [5, 5.41) is 1.58. The number of aromatic amines is 2. The van der Waals surface area contributed by atoms with Gasteiger partial charge in [0.2, 0.25) is 0 Å². The molecule has 0 radical (unpaired) electrons. The van der Waals surface area contributed by atoms with Crippen molar-refractivity contribution in [1.29, 1.82) is 0 Å². The molecule has 68 valence electrons. The van der Waals surface area contributed by atoms with E-state index in [0.29, 0.717) is 11.3 Å². The summed E-state index contributed by atoms with van der Waals surface area (Å²) in [5.41, 5.74) is 0.789. The third-order valence-corrected chi connectivity index (χ3v) is 2.04. The van der Waals surface area contributed by atoms with Crippen LogP contribution >= 0.6 is 0 Å². The fourth-order valence-electron chi connectivity index (χ4n) is 1.44. The molecule has 0 atom stereocenters. The quantitative estimate of drug-likeness (QED) is 0.526. The molecule has 3 aromatic rings. The van der Waals surface area contributed by atoms with Crippen LogP contribution in [-0.2, 0) is 0 Å². The van der Waals surface area contributed by atoms with Crippen molar-refractivity contribution in [3.05, 3.63) is 29.2 Å². The number of nitrogens with one attached hydrogen (secondary N) is 2. The number of aromatic nitrogens is 5. The summed E-state index contributed by atoms with van der Waals surface area (Å²) in [5.74, 6) is 0. The average Bonchev–Trinajstić information content (AvgIpc) is 2.51. The summed E-state index contributed by atoms with van der Waals surface area (Å²) < 4.78 is 0. The fourth-order valence-corrected chi connectivity index (χ4v) is 1.44. The highest BCUT2D eigenvalue weighted by atomic mass is 16.1. The summed E-state index contributed by atoms with van der Waals surface area (Å²) in [7, 11) is 0. The predicted octanol–water partition coefficient (Wildman–Crippen LogP) is 0.194. The summed E-state index contributed by atoms with van der Waals surface area (Å²) in [6.07, 6.45) is 4.61. The SMILES string of the molecule is O=c1ncc2cnc3nc[nH]c([nH]1)c23. The molecule has 0 spiro atoms. The van der Waals surface area contributed by atoms with Gasteiger partial charge in [-0.2, -0.15) is 0 Å². The summed E-state index contributed by atoms with van der Waals surface area (Å²) in [4.78, 5) is 28.4. The molecule has 0 fully saturated rings. The van der Waals surface area contributed by atoms with E-state index in [1.165, 1.54) is 12.5 Å². The van der Waals surface area contributed by atoms with Crippen LogP contribution < -0.4 is 5.69 Å². The Morgan fingerprint density at radius 3 is 2.93 bits per heavy atom. The molecule has 14 heavy (non-hydrogen) atoms. The van der Waals surface area contributed by atoms with Gasteiger partial charge in [0.05, 0.1) is 11.7 Å². The topological polar surface area (TPSA) is 87.3 Å². The Balaban J connectivity index is 2.76. The van der Waals surface area contributed by atoms with E-state index in [2.05, 4.69) is 24.9 Å². The number of hydrogen-bond donors (Lipinski definition) is 2. The lowest BCUT2D eigenvalue weighted by molar-refractivity contribution is 1.11. The highest BCUT2D eigenvalue weighted by Crippen LogP contribution is 2.18. The number of rotatable bonds is 0. The second kappa shape index (κ2) is 2.38. The van der Waals surface area contributed by atoms with Crippen LogP contribution in [0.25, 0.3) is 22.1 Å². The van der Waals surface area contributed by atoms with Crippen LogP contribution in [0.4, 0.5) is 0 Å². The molecule has 2 N–H and O–H groups in total. The molecule has 3 rings (SSSR count). The van der Waals surface area contributed by atoms with Crippen molar-refractivity contribution in [2.45, 2.75) is 0 Å². The summed E-state index contributed by atoms with van der Waals surface area (Å²) in [6.45, 7) is 0. The Morgan fingerprint density at radius 2 is 2.00 bits per heavy atom. The Bertz CT molecular complexity index is 668. The third-order valence-electron chi connectivity index (χ3n) is 2.04. The second-order valence-corrected chi connectivity index (χ2v) is 2.88. The van der Waals surface area contributed by atoms with E-state index in [4.69, 9.17) is 0 Å². The van der Waals surface area contributed by atoms with E-state index in [0.717, 1.165) is 10.8 Å². The third kappa shape index (κ3) is 0.846. The first-order valence-corrected chi connectivity index (χ1v) is 4.02. The zero-order chi connectivity index (χ0) is 9.54. The van der Waals surface area contributed by atoms with Gasteiger partial charge in [0.15, 0.2) is 5.65 Å². The average molecular weight is 187 g/mol. The molecular formula is C8H5N5O. The number of hydrogen-bond acceptors (Lipinski definition) is 4. The van der Waals surface area contributed by atoms with Gasteiger partial charge in [-0.3, -0.25) is 4.98 Å². The minimum atomic E-state index is -0.398. The van der Waals surface area contributed by atoms with Crippen LogP contribution in [0.15, 0.2) is 23.5 Å². The minimum absolute atomic E-state index is 0.398. The Kier molecular flexibility index (Phi) is 1.22. The van der Waals surface area contributed by atoms with Gasteiger partial charge in [0.1, 0.15) is 5.65 Å². The zero-order valence-electron chi connectivity index (χ0n) is 6.98. The molecule has 3 heterocycles. The maximum atomic E-state index is 11.1. The maximum absolute atomic E-state index is 11.1. The van der Waals surface area contributed by atoms with Crippen LogP contribution in [0.3, 0.4) is 0 Å². The molecule has 3 aromatic heterocycles. The lowest BCUT2D eigenvalue weighted by Crippen LogP contribution is -2.05. The van der Waals surface area contributed by atoms with Gasteiger partial charge >= 0.3 is 5.69 Å². The van der Waals surface area contributed by atoms with Crippen molar-refractivity contribution in [3.63, 3.8) is 0 Å². The molecule has 0 aliphatic carbocycles. The minimum Gasteiger partial charge on any atom is -0.332 e. The smallest absolute Gasteiger partial charge is 0.332 e. The molecule has 6 nitrogen and oxygen atoms in total. The predicted molar refractivity (Wildman–Crippen MR) is 49.8 cm³/mol. The van der Waals surface area contributed by atoms with E-state index < -0.39 is 5.69 Å². The van der Waals surface area contributed by atoms with Gasteiger partial charge in [0.25, 0.3) is 0 Å². The van der Waals surface area contributed by atoms with Crippen molar-refractivity contribution in [2.75, 3.05) is 0 Å². The molecule has 0 aromatic carbocycles. The van der Waals surface area contributed by atoms with E-state index in [1.807, 2.05) is 0 Å². The Hall–Kier alpha value is -2.24. The number of H-pyrrole nitrogens is 2. The monoisotopic (exact) mass is 187 g/mol. The molecule has 0 saturated heterocycles. The lowest BCUT2D eigenvalue weighted by Gasteiger charge is -1.90. The molecule has 6 heteroatoms. The van der Waals surface area contributed by atoms with Gasteiger partial charge < -0.3 is 4.98 Å². The maximum Gasteiger partial charge on any atom is 0.346 e. The normalized spacial score (nSPS) is 11.1. The van der Waals surface area contributed by atoms with Crippen molar-refractivity contribution in [1.82, 2.24) is 24.9 Å². The van der Waals surface area contributed by atoms with E-state index in [-0.39, 0.29) is 0 Å². The van der Waals surface area contributed by atoms with E-state index >= 15 is 0 Å². The molecular weight excluding hydrogens is 182 g/mol. The lowest BCUT2D eigenvalue weighted by atomic mass is 10.3. The van der Waals surface area contributed by atoms with E-state index in [1.54, 1.807) is 6.20 Å². The molecule has 0 saturated carbocycles. The Morgan fingerprint density at radius 1 is 1.14 bits per heavy atom. The van der Waals surface area contributed by atoms with Gasteiger partial charge in [-0.25, -0.2) is 19.7 Å². The molecule has 0 unspecified atom stereocenters. The summed E-state index contributed by atoms with van der Waals surface area (Å²) >= 11 is 0. The molecule has 0 bridgehead atoms.